The molecule has 1 atom stereocenters. The number of carbonyl (C=O) groups excluding carboxylic acids is 3. The maximum atomic E-state index is 12.6. The number of aromatic nitrogens is 1. The van der Waals surface area contributed by atoms with Crippen LogP contribution in [0.2, 0.25) is 0 Å². The highest BCUT2D eigenvalue weighted by Crippen LogP contribution is 2.19. The highest BCUT2D eigenvalue weighted by atomic mass is 16.5. The molecule has 0 aliphatic rings. The zero-order chi connectivity index (χ0) is 21.2. The lowest BCUT2D eigenvalue weighted by molar-refractivity contribution is -0.123. The smallest absolute Gasteiger partial charge is 0.355 e. The van der Waals surface area contributed by atoms with Crippen molar-refractivity contribution < 1.29 is 19.1 Å². The molecule has 0 unspecified atom stereocenters. The number of hydrogen-bond acceptors (Lipinski definition) is 4. The summed E-state index contributed by atoms with van der Waals surface area (Å²) in [5.41, 5.74) is 1.61. The van der Waals surface area contributed by atoms with E-state index in [2.05, 4.69) is 10.3 Å². The Morgan fingerprint density at radius 3 is 2.28 bits per heavy atom. The van der Waals surface area contributed by atoms with Gasteiger partial charge in [0.25, 0.3) is 0 Å². The zero-order valence-corrected chi connectivity index (χ0v) is 16.9. The van der Waals surface area contributed by atoms with Crippen LogP contribution in [-0.4, -0.2) is 28.7 Å². The molecule has 3 aromatic rings. The van der Waals surface area contributed by atoms with Crippen LogP contribution in [-0.2, 0) is 9.53 Å². The number of aromatic amines is 1. The number of carbonyl (C=O) groups is 3. The summed E-state index contributed by atoms with van der Waals surface area (Å²) in [6.07, 6.45) is -0.941. The second-order valence-corrected chi connectivity index (χ2v) is 7.96. The molecule has 0 aliphatic carbocycles. The van der Waals surface area contributed by atoms with E-state index in [0.29, 0.717) is 16.9 Å². The molecule has 29 heavy (non-hydrogen) atoms. The van der Waals surface area contributed by atoms with Crippen molar-refractivity contribution in [2.24, 2.45) is 5.41 Å². The molecule has 0 fully saturated rings. The van der Waals surface area contributed by atoms with Gasteiger partial charge in [0, 0.05) is 27.6 Å². The fraction of sp³-hybridized carbons (Fsp3) is 0.261. The Morgan fingerprint density at radius 2 is 1.66 bits per heavy atom. The van der Waals surface area contributed by atoms with Crippen molar-refractivity contribution in [3.05, 3.63) is 65.9 Å². The van der Waals surface area contributed by atoms with Crippen LogP contribution >= 0.6 is 0 Å². The van der Waals surface area contributed by atoms with E-state index >= 15 is 0 Å². The Balaban J connectivity index is 1.65. The third kappa shape index (κ3) is 4.71. The summed E-state index contributed by atoms with van der Waals surface area (Å²) in [4.78, 5) is 40.0. The van der Waals surface area contributed by atoms with Gasteiger partial charge in [0.2, 0.25) is 11.7 Å². The minimum Gasteiger partial charge on any atom is -0.450 e. The number of para-hydroxylation sites is 1. The minimum absolute atomic E-state index is 0.114. The lowest BCUT2D eigenvalue weighted by Gasteiger charge is -2.18. The van der Waals surface area contributed by atoms with Crippen LogP contribution in [0.25, 0.3) is 10.9 Å². The second kappa shape index (κ2) is 7.91. The van der Waals surface area contributed by atoms with E-state index in [0.717, 1.165) is 10.9 Å². The fourth-order valence-corrected chi connectivity index (χ4v) is 2.73. The fourth-order valence-electron chi connectivity index (χ4n) is 2.73. The van der Waals surface area contributed by atoms with Gasteiger partial charge in [-0.2, -0.15) is 0 Å². The molecule has 6 heteroatoms. The van der Waals surface area contributed by atoms with E-state index in [1.807, 2.05) is 45.0 Å². The molecular formula is C23H24N2O4. The van der Waals surface area contributed by atoms with Crippen molar-refractivity contribution in [3.8, 4) is 0 Å². The Morgan fingerprint density at radius 1 is 1.00 bits per heavy atom. The van der Waals surface area contributed by atoms with Crippen molar-refractivity contribution in [3.63, 3.8) is 0 Å². The van der Waals surface area contributed by atoms with E-state index in [-0.39, 0.29) is 11.7 Å². The van der Waals surface area contributed by atoms with E-state index in [1.165, 1.54) is 6.92 Å². The first-order chi connectivity index (χ1) is 13.6. The normalized spacial score (nSPS) is 12.4. The SMILES string of the molecule is C[C@@H](OC(=O)c1cc2ccccc2[nH]1)C(=O)c1ccc(NC(=O)C(C)(C)C)cc1. The molecule has 3 rings (SSSR count). The number of nitrogens with one attached hydrogen (secondary N) is 2. The highest BCUT2D eigenvalue weighted by molar-refractivity contribution is 6.02. The Kier molecular flexibility index (Phi) is 5.55. The average Bonchev–Trinajstić information content (AvgIpc) is 3.11. The zero-order valence-electron chi connectivity index (χ0n) is 16.9. The van der Waals surface area contributed by atoms with Gasteiger partial charge in [-0.1, -0.05) is 39.0 Å². The topological polar surface area (TPSA) is 88.3 Å². The number of ether oxygens (including phenoxy) is 1. The van der Waals surface area contributed by atoms with Crippen molar-refractivity contribution in [1.82, 2.24) is 4.98 Å². The lowest BCUT2D eigenvalue weighted by atomic mass is 9.95. The van der Waals surface area contributed by atoms with Gasteiger partial charge in [-0.15, -0.1) is 0 Å². The third-order valence-electron chi connectivity index (χ3n) is 4.51. The summed E-state index contributed by atoms with van der Waals surface area (Å²) >= 11 is 0. The molecule has 2 aromatic carbocycles. The number of esters is 1. The molecular weight excluding hydrogens is 368 g/mol. The molecule has 0 saturated heterocycles. The number of hydrogen-bond donors (Lipinski definition) is 2. The first-order valence-corrected chi connectivity index (χ1v) is 9.39. The molecule has 150 valence electrons. The standard InChI is InChI=1S/C23H24N2O4/c1-14(29-21(27)19-13-16-7-5-6-8-18(16)25-19)20(26)15-9-11-17(12-10-15)24-22(28)23(2,3)4/h5-14,25H,1-4H3,(H,24,28)/t14-/m1/s1. The number of amides is 1. The molecule has 0 bridgehead atoms. The Labute approximate surface area is 169 Å². The molecule has 1 amide bonds. The number of benzene rings is 2. The average molecular weight is 392 g/mol. The van der Waals surface area contributed by atoms with Gasteiger partial charge in [0.05, 0.1) is 0 Å². The van der Waals surface area contributed by atoms with Gasteiger partial charge >= 0.3 is 5.97 Å². The Hall–Kier alpha value is -3.41. The molecule has 1 heterocycles. The van der Waals surface area contributed by atoms with Gasteiger partial charge in [-0.05, 0) is 43.3 Å². The number of fused-ring (bicyclic) bond motifs is 1. The molecule has 1 aromatic heterocycles. The molecule has 0 aliphatic heterocycles. The van der Waals surface area contributed by atoms with Crippen LogP contribution in [0, 0.1) is 5.41 Å². The van der Waals surface area contributed by atoms with Crippen LogP contribution in [0.15, 0.2) is 54.6 Å². The van der Waals surface area contributed by atoms with Gasteiger partial charge in [0.15, 0.2) is 6.10 Å². The minimum atomic E-state index is -0.941. The summed E-state index contributed by atoms with van der Waals surface area (Å²) in [7, 11) is 0. The molecule has 2 N–H and O–H groups in total. The molecule has 0 spiro atoms. The van der Waals surface area contributed by atoms with Crippen LogP contribution < -0.4 is 5.32 Å². The Bertz CT molecular complexity index is 1030. The van der Waals surface area contributed by atoms with Gasteiger partial charge in [-0.3, -0.25) is 9.59 Å². The summed E-state index contributed by atoms with van der Waals surface area (Å²) in [5, 5.41) is 3.70. The number of ketones is 1. The van der Waals surface area contributed by atoms with Crippen molar-refractivity contribution in [1.29, 1.82) is 0 Å². The first kappa shape index (κ1) is 20.3. The summed E-state index contributed by atoms with van der Waals surface area (Å²) in [6, 6.07) is 15.7. The van der Waals surface area contributed by atoms with Crippen LogP contribution in [0.4, 0.5) is 5.69 Å². The van der Waals surface area contributed by atoms with E-state index in [9.17, 15) is 14.4 Å². The molecule has 0 saturated carbocycles. The summed E-state index contributed by atoms with van der Waals surface area (Å²) in [6.45, 7) is 7.01. The lowest BCUT2D eigenvalue weighted by Crippen LogP contribution is -2.27. The monoisotopic (exact) mass is 392 g/mol. The van der Waals surface area contributed by atoms with Gasteiger partial charge in [-0.25, -0.2) is 4.79 Å². The first-order valence-electron chi connectivity index (χ1n) is 9.39. The molecule has 0 radical (unpaired) electrons. The predicted molar refractivity (Wildman–Crippen MR) is 112 cm³/mol. The maximum absolute atomic E-state index is 12.6. The van der Waals surface area contributed by atoms with Crippen molar-refractivity contribution in [2.45, 2.75) is 33.8 Å². The van der Waals surface area contributed by atoms with Crippen molar-refractivity contribution in [2.75, 3.05) is 5.32 Å². The van der Waals surface area contributed by atoms with E-state index in [4.69, 9.17) is 4.74 Å². The highest BCUT2D eigenvalue weighted by Gasteiger charge is 2.23. The summed E-state index contributed by atoms with van der Waals surface area (Å²) < 4.78 is 5.33. The van der Waals surface area contributed by atoms with E-state index < -0.39 is 17.5 Å². The third-order valence-corrected chi connectivity index (χ3v) is 4.51. The number of anilines is 1. The largest absolute Gasteiger partial charge is 0.450 e. The van der Waals surface area contributed by atoms with Crippen LogP contribution in [0.5, 0.6) is 0 Å². The van der Waals surface area contributed by atoms with Gasteiger partial charge in [0.1, 0.15) is 5.69 Å². The summed E-state index contributed by atoms with van der Waals surface area (Å²) in [5.74, 6) is -1.02. The van der Waals surface area contributed by atoms with Gasteiger partial charge < -0.3 is 15.0 Å². The second-order valence-electron chi connectivity index (χ2n) is 7.96. The molecule has 6 nitrogen and oxygen atoms in total. The quantitative estimate of drug-likeness (QED) is 0.491. The maximum Gasteiger partial charge on any atom is 0.355 e. The number of rotatable bonds is 5. The number of Topliss-reactive ketones (excluding diaryl/α,β-unsaturated/α-hetero) is 1. The van der Waals surface area contributed by atoms with Crippen LogP contribution in [0.1, 0.15) is 48.5 Å². The number of H-pyrrole nitrogens is 1. The van der Waals surface area contributed by atoms with Crippen LogP contribution in [0.3, 0.4) is 0 Å². The predicted octanol–water partition coefficient (Wildman–Crippen LogP) is 4.58. The van der Waals surface area contributed by atoms with E-state index in [1.54, 1.807) is 30.3 Å². The van der Waals surface area contributed by atoms with Crippen molar-refractivity contribution >= 4 is 34.3 Å².